The van der Waals surface area contributed by atoms with Crippen LogP contribution in [-0.2, 0) is 0 Å². The summed E-state index contributed by atoms with van der Waals surface area (Å²) in [6.07, 6.45) is 1.64. The Morgan fingerprint density at radius 3 is 2.55 bits per heavy atom. The van der Waals surface area contributed by atoms with Gasteiger partial charge in [-0.15, -0.1) is 0 Å². The Morgan fingerprint density at radius 1 is 1.32 bits per heavy atom. The van der Waals surface area contributed by atoms with E-state index in [2.05, 4.69) is 5.32 Å². The van der Waals surface area contributed by atoms with Gasteiger partial charge in [0.1, 0.15) is 5.75 Å². The van der Waals surface area contributed by atoms with Crippen LogP contribution in [0.15, 0.2) is 12.1 Å². The third-order valence-electron chi connectivity index (χ3n) is 3.50. The number of nitro groups is 1. The molecule has 0 spiro atoms. The number of ether oxygens (including phenoxy) is 2. The molecule has 1 N–H and O–H groups in total. The normalized spacial score (nSPS) is 17.3. The number of nitrogens with one attached hydrogen (secondary N) is 1. The number of rotatable bonds is 7. The highest BCUT2D eigenvalue weighted by Crippen LogP contribution is 2.36. The van der Waals surface area contributed by atoms with Crippen molar-refractivity contribution in [3.05, 3.63) is 27.8 Å². The van der Waals surface area contributed by atoms with Crippen LogP contribution in [0.2, 0.25) is 0 Å². The van der Waals surface area contributed by atoms with Crippen LogP contribution in [0, 0.1) is 10.1 Å². The van der Waals surface area contributed by atoms with Crippen molar-refractivity contribution in [2.24, 2.45) is 0 Å². The lowest BCUT2D eigenvalue weighted by Crippen LogP contribution is -2.31. The van der Waals surface area contributed by atoms with Crippen molar-refractivity contribution >= 4 is 11.5 Å². The molecule has 0 aromatic heterocycles. The minimum atomic E-state index is -0.542. The van der Waals surface area contributed by atoms with E-state index in [0.717, 1.165) is 19.4 Å². The van der Waals surface area contributed by atoms with Crippen LogP contribution < -0.4 is 14.8 Å². The Kier molecular flexibility index (Phi) is 5.32. The second-order valence-corrected chi connectivity index (χ2v) is 4.95. The van der Waals surface area contributed by atoms with Gasteiger partial charge in [0.25, 0.3) is 0 Å². The number of hydrogen-bond acceptors (Lipinski definition) is 6. The van der Waals surface area contributed by atoms with Gasteiger partial charge in [-0.05, 0) is 33.2 Å². The smallest absolute Gasteiger partial charge is 0.311 e. The molecular weight excluding hydrogens is 288 g/mol. The van der Waals surface area contributed by atoms with Crippen molar-refractivity contribution in [1.82, 2.24) is 5.32 Å². The number of nitrogens with zero attached hydrogens (tertiary/aromatic N) is 1. The first kappa shape index (κ1) is 16.2. The summed E-state index contributed by atoms with van der Waals surface area (Å²) in [5.41, 5.74) is 0.0167. The molecule has 1 aromatic rings. The minimum absolute atomic E-state index is 0.117. The zero-order chi connectivity index (χ0) is 16.1. The average Bonchev–Trinajstić information content (AvgIpc) is 3.01. The zero-order valence-corrected chi connectivity index (χ0v) is 12.8. The van der Waals surface area contributed by atoms with Crippen LogP contribution in [0.3, 0.4) is 0 Å². The number of nitro benzene ring substituents is 1. The lowest BCUT2D eigenvalue weighted by atomic mass is 10.0. The van der Waals surface area contributed by atoms with Gasteiger partial charge < -0.3 is 14.8 Å². The second-order valence-electron chi connectivity index (χ2n) is 4.95. The largest absolute Gasteiger partial charge is 0.493 e. The monoisotopic (exact) mass is 308 g/mol. The molecule has 7 nitrogen and oxygen atoms in total. The van der Waals surface area contributed by atoms with E-state index in [0.29, 0.717) is 19.0 Å². The van der Waals surface area contributed by atoms with Gasteiger partial charge in [-0.3, -0.25) is 14.9 Å². The predicted molar refractivity (Wildman–Crippen MR) is 80.8 cm³/mol. The van der Waals surface area contributed by atoms with Gasteiger partial charge in [-0.2, -0.15) is 0 Å². The molecular formula is C15H20N2O5. The summed E-state index contributed by atoms with van der Waals surface area (Å²) in [6.45, 7) is 4.97. The first-order chi connectivity index (χ1) is 10.6. The quantitative estimate of drug-likeness (QED) is 0.472. The highest BCUT2D eigenvalue weighted by Gasteiger charge is 2.29. The number of benzene rings is 1. The van der Waals surface area contributed by atoms with E-state index >= 15 is 0 Å². The first-order valence-corrected chi connectivity index (χ1v) is 7.44. The molecule has 1 heterocycles. The summed E-state index contributed by atoms with van der Waals surface area (Å²) in [7, 11) is 0. The van der Waals surface area contributed by atoms with Crippen molar-refractivity contribution in [1.29, 1.82) is 0 Å². The predicted octanol–water partition coefficient (Wildman–Crippen LogP) is 2.33. The number of ketones is 1. The fourth-order valence-electron chi connectivity index (χ4n) is 2.53. The zero-order valence-electron chi connectivity index (χ0n) is 12.8. The van der Waals surface area contributed by atoms with Crippen LogP contribution in [-0.4, -0.2) is 36.5 Å². The molecule has 2 rings (SSSR count). The maximum Gasteiger partial charge on any atom is 0.311 e. The second kappa shape index (κ2) is 7.22. The molecule has 22 heavy (non-hydrogen) atoms. The summed E-state index contributed by atoms with van der Waals surface area (Å²) in [4.78, 5) is 23.3. The lowest BCUT2D eigenvalue weighted by Gasteiger charge is -2.15. The Bertz CT molecular complexity index is 567. The summed E-state index contributed by atoms with van der Waals surface area (Å²) in [5.74, 6) is 0.272. The third kappa shape index (κ3) is 3.36. The summed E-state index contributed by atoms with van der Waals surface area (Å²) in [5, 5.41) is 14.3. The van der Waals surface area contributed by atoms with E-state index in [-0.39, 0.29) is 28.8 Å². The van der Waals surface area contributed by atoms with E-state index in [4.69, 9.17) is 9.47 Å². The molecule has 0 radical (unpaired) electrons. The van der Waals surface area contributed by atoms with Crippen LogP contribution in [0.5, 0.6) is 11.5 Å². The molecule has 0 aliphatic carbocycles. The van der Waals surface area contributed by atoms with Gasteiger partial charge in [-0.25, -0.2) is 0 Å². The number of hydrogen-bond donors (Lipinski definition) is 1. The van der Waals surface area contributed by atoms with Crippen molar-refractivity contribution < 1.29 is 19.2 Å². The first-order valence-electron chi connectivity index (χ1n) is 7.44. The van der Waals surface area contributed by atoms with Crippen LogP contribution in [0.25, 0.3) is 0 Å². The van der Waals surface area contributed by atoms with Crippen LogP contribution in [0.1, 0.15) is 37.0 Å². The Morgan fingerprint density at radius 2 is 2.00 bits per heavy atom. The Labute approximate surface area is 128 Å². The lowest BCUT2D eigenvalue weighted by molar-refractivity contribution is -0.385. The highest BCUT2D eigenvalue weighted by molar-refractivity contribution is 6.03. The van der Waals surface area contributed by atoms with E-state index in [1.54, 1.807) is 13.8 Å². The van der Waals surface area contributed by atoms with Gasteiger partial charge in [0, 0.05) is 12.1 Å². The van der Waals surface area contributed by atoms with Gasteiger partial charge in [-0.1, -0.05) is 0 Å². The molecule has 1 fully saturated rings. The summed E-state index contributed by atoms with van der Waals surface area (Å²) >= 11 is 0. The molecule has 1 unspecified atom stereocenters. The summed E-state index contributed by atoms with van der Waals surface area (Å²) < 4.78 is 10.8. The fourth-order valence-corrected chi connectivity index (χ4v) is 2.53. The molecule has 0 saturated carbocycles. The van der Waals surface area contributed by atoms with Crippen LogP contribution in [0.4, 0.5) is 5.69 Å². The maximum absolute atomic E-state index is 12.6. The molecule has 1 atom stereocenters. The Hall–Kier alpha value is -2.15. The summed E-state index contributed by atoms with van der Waals surface area (Å²) in [6, 6.07) is 2.39. The average molecular weight is 308 g/mol. The van der Waals surface area contributed by atoms with Gasteiger partial charge in [0.05, 0.1) is 29.7 Å². The number of carbonyl (C=O) groups excluding carboxylic acids is 1. The van der Waals surface area contributed by atoms with Crippen molar-refractivity contribution in [2.75, 3.05) is 19.8 Å². The number of carbonyl (C=O) groups is 1. The van der Waals surface area contributed by atoms with Gasteiger partial charge in [0.15, 0.2) is 5.78 Å². The van der Waals surface area contributed by atoms with Crippen molar-refractivity contribution in [3.63, 3.8) is 0 Å². The maximum atomic E-state index is 12.6. The molecule has 1 aliphatic heterocycles. The van der Waals surface area contributed by atoms with E-state index < -0.39 is 4.92 Å². The van der Waals surface area contributed by atoms with E-state index in [1.807, 2.05) is 0 Å². The topological polar surface area (TPSA) is 90.7 Å². The van der Waals surface area contributed by atoms with Crippen molar-refractivity contribution in [3.8, 4) is 11.5 Å². The van der Waals surface area contributed by atoms with Crippen molar-refractivity contribution in [2.45, 2.75) is 32.7 Å². The molecule has 1 aliphatic rings. The molecule has 0 bridgehead atoms. The van der Waals surface area contributed by atoms with E-state index in [9.17, 15) is 14.9 Å². The Balaban J connectivity index is 2.47. The molecule has 1 aromatic carbocycles. The molecule has 120 valence electrons. The molecule has 0 amide bonds. The van der Waals surface area contributed by atoms with Crippen LogP contribution >= 0.6 is 0 Å². The molecule has 1 saturated heterocycles. The minimum Gasteiger partial charge on any atom is -0.493 e. The molecule has 7 heteroatoms. The highest BCUT2D eigenvalue weighted by atomic mass is 16.6. The SMILES string of the molecule is CCOc1cc(OCC)c([N+](=O)[O-])cc1C(=O)C1CCCN1. The third-order valence-corrected chi connectivity index (χ3v) is 3.50. The standard InChI is InChI=1S/C15H20N2O5/c1-3-21-13-9-14(22-4-2)12(17(19)20)8-10(13)15(18)11-6-5-7-16-11/h8-9,11,16H,3-7H2,1-2H3. The van der Waals surface area contributed by atoms with Gasteiger partial charge >= 0.3 is 5.69 Å². The number of Topliss-reactive ketones (excluding diaryl/α,β-unsaturated/α-hetero) is 1. The van der Waals surface area contributed by atoms with Gasteiger partial charge in [0.2, 0.25) is 5.75 Å². The van der Waals surface area contributed by atoms with E-state index in [1.165, 1.54) is 12.1 Å². The fraction of sp³-hybridized carbons (Fsp3) is 0.533.